The first-order valence-electron chi connectivity index (χ1n) is 4.08. The smallest absolute Gasteiger partial charge is 0.246 e. The molecule has 0 bridgehead atoms. The van der Waals surface area contributed by atoms with Gasteiger partial charge in [0.2, 0.25) is 5.91 Å². The second-order valence-corrected chi connectivity index (χ2v) is 2.69. The molecule has 61 valence electrons. The third-order valence-corrected chi connectivity index (χ3v) is 1.83. The van der Waals surface area contributed by atoms with E-state index in [4.69, 9.17) is 0 Å². The molecule has 0 atom stereocenters. The second kappa shape index (κ2) is 4.16. The molecule has 11 heavy (non-hydrogen) atoms. The number of allylic oxidation sites excluding steroid dienone is 1. The maximum absolute atomic E-state index is 11.2. The first-order chi connectivity index (χ1) is 5.34. The topological polar surface area (TPSA) is 20.3 Å². The van der Waals surface area contributed by atoms with Gasteiger partial charge in [0.1, 0.15) is 0 Å². The lowest BCUT2D eigenvalue weighted by molar-refractivity contribution is -0.126. The van der Waals surface area contributed by atoms with Gasteiger partial charge in [-0.2, -0.15) is 0 Å². The van der Waals surface area contributed by atoms with E-state index in [9.17, 15) is 4.79 Å². The summed E-state index contributed by atoms with van der Waals surface area (Å²) < 4.78 is 0. The zero-order chi connectivity index (χ0) is 8.10. The molecule has 0 aromatic rings. The molecule has 0 aromatic heterocycles. The molecule has 0 N–H and O–H groups in total. The average Bonchev–Trinajstić information content (AvgIpc) is 2.07. The number of carbonyl (C=O) groups excluding carboxylic acids is 1. The van der Waals surface area contributed by atoms with E-state index in [0.29, 0.717) is 0 Å². The Bertz CT molecular complexity index is 157. The van der Waals surface area contributed by atoms with Gasteiger partial charge in [-0.25, -0.2) is 0 Å². The largest absolute Gasteiger partial charge is 0.339 e. The van der Waals surface area contributed by atoms with E-state index in [1.807, 2.05) is 11.8 Å². The van der Waals surface area contributed by atoms with Gasteiger partial charge in [-0.05, 0) is 32.3 Å². The highest BCUT2D eigenvalue weighted by molar-refractivity contribution is 5.87. The van der Waals surface area contributed by atoms with E-state index in [2.05, 4.69) is 6.42 Å². The van der Waals surface area contributed by atoms with Crippen LogP contribution in [0.3, 0.4) is 0 Å². The fourth-order valence-corrected chi connectivity index (χ4v) is 1.22. The minimum absolute atomic E-state index is 0.153. The number of carbonyl (C=O) groups is 1. The Labute approximate surface area is 67.9 Å². The van der Waals surface area contributed by atoms with Gasteiger partial charge in [0.25, 0.3) is 0 Å². The quantitative estimate of drug-likeness (QED) is 0.520. The Balaban J connectivity index is 2.38. The Hall–Kier alpha value is -0.790. The van der Waals surface area contributed by atoms with Crippen LogP contribution in [0.4, 0.5) is 0 Å². The van der Waals surface area contributed by atoms with Crippen molar-refractivity contribution in [2.24, 2.45) is 0 Å². The molecule has 1 radical (unpaired) electrons. The van der Waals surface area contributed by atoms with E-state index in [0.717, 1.165) is 25.9 Å². The lowest BCUT2D eigenvalue weighted by atomic mass is 10.1. The Kier molecular flexibility index (Phi) is 3.14. The highest BCUT2D eigenvalue weighted by atomic mass is 16.2. The van der Waals surface area contributed by atoms with E-state index >= 15 is 0 Å². The van der Waals surface area contributed by atoms with Crippen LogP contribution in [-0.2, 0) is 4.79 Å². The molecule has 0 aliphatic carbocycles. The summed E-state index contributed by atoms with van der Waals surface area (Å²) in [5, 5.41) is 0. The van der Waals surface area contributed by atoms with Crippen LogP contribution in [0.5, 0.6) is 0 Å². The first-order valence-corrected chi connectivity index (χ1v) is 4.08. The Morgan fingerprint density at radius 2 is 2.09 bits per heavy atom. The molecule has 0 spiro atoms. The average molecular weight is 152 g/mol. The van der Waals surface area contributed by atoms with Crippen molar-refractivity contribution in [3.63, 3.8) is 0 Å². The third kappa shape index (κ3) is 2.37. The van der Waals surface area contributed by atoms with Gasteiger partial charge in [-0.15, -0.1) is 0 Å². The third-order valence-electron chi connectivity index (χ3n) is 1.83. The van der Waals surface area contributed by atoms with Gasteiger partial charge in [0.15, 0.2) is 0 Å². The highest BCUT2D eigenvalue weighted by Gasteiger charge is 2.12. The lowest BCUT2D eigenvalue weighted by Gasteiger charge is -2.25. The minimum Gasteiger partial charge on any atom is -0.339 e. The summed E-state index contributed by atoms with van der Waals surface area (Å²) in [6.07, 6.45) is 7.75. The van der Waals surface area contributed by atoms with Gasteiger partial charge in [-0.1, -0.05) is 6.08 Å². The molecule has 2 nitrogen and oxygen atoms in total. The van der Waals surface area contributed by atoms with Crippen LogP contribution in [0.2, 0.25) is 0 Å². The van der Waals surface area contributed by atoms with Crippen molar-refractivity contribution in [1.82, 2.24) is 4.90 Å². The fourth-order valence-electron chi connectivity index (χ4n) is 1.22. The normalized spacial score (nSPS) is 19.2. The molecule has 1 rings (SSSR count). The molecule has 1 aliphatic rings. The molecule has 1 amide bonds. The van der Waals surface area contributed by atoms with Gasteiger partial charge < -0.3 is 4.90 Å². The van der Waals surface area contributed by atoms with Crippen molar-refractivity contribution < 1.29 is 4.79 Å². The molecule has 0 saturated carbocycles. The molecule has 0 unspecified atom stereocenters. The number of likely N-dealkylation sites (tertiary alicyclic amines) is 1. The summed E-state index contributed by atoms with van der Waals surface area (Å²) in [5.41, 5.74) is 0. The Morgan fingerprint density at radius 1 is 1.45 bits per heavy atom. The number of nitrogens with zero attached hydrogens (tertiary/aromatic N) is 1. The maximum Gasteiger partial charge on any atom is 0.246 e. The van der Waals surface area contributed by atoms with Gasteiger partial charge >= 0.3 is 0 Å². The SMILES string of the molecule is CC=CC(=O)N1CC[CH]CC1. The molecule has 1 heterocycles. The predicted molar refractivity (Wildman–Crippen MR) is 44.9 cm³/mol. The molecule has 1 fully saturated rings. The van der Waals surface area contributed by atoms with Crippen molar-refractivity contribution in [1.29, 1.82) is 0 Å². The van der Waals surface area contributed by atoms with E-state index in [1.54, 1.807) is 12.2 Å². The van der Waals surface area contributed by atoms with Gasteiger partial charge in [0, 0.05) is 13.1 Å². The second-order valence-electron chi connectivity index (χ2n) is 2.69. The van der Waals surface area contributed by atoms with Crippen LogP contribution in [0.15, 0.2) is 12.2 Å². The summed E-state index contributed by atoms with van der Waals surface area (Å²) in [6, 6.07) is 0. The van der Waals surface area contributed by atoms with E-state index in [1.165, 1.54) is 0 Å². The zero-order valence-corrected chi connectivity index (χ0v) is 6.92. The lowest BCUT2D eigenvalue weighted by Crippen LogP contribution is -2.34. The first kappa shape index (κ1) is 8.31. The molecular formula is C9H14NO. The molecular weight excluding hydrogens is 138 g/mol. The van der Waals surface area contributed by atoms with Crippen LogP contribution in [0, 0.1) is 6.42 Å². The maximum atomic E-state index is 11.2. The van der Waals surface area contributed by atoms with Crippen LogP contribution in [0.1, 0.15) is 19.8 Å². The van der Waals surface area contributed by atoms with Gasteiger partial charge in [-0.3, -0.25) is 4.79 Å². The summed E-state index contributed by atoms with van der Waals surface area (Å²) in [4.78, 5) is 13.1. The van der Waals surface area contributed by atoms with Crippen molar-refractivity contribution in [3.8, 4) is 0 Å². The number of piperidine rings is 1. The van der Waals surface area contributed by atoms with Crippen molar-refractivity contribution in [3.05, 3.63) is 18.6 Å². The van der Waals surface area contributed by atoms with E-state index < -0.39 is 0 Å². The van der Waals surface area contributed by atoms with Crippen LogP contribution < -0.4 is 0 Å². The van der Waals surface area contributed by atoms with Crippen molar-refractivity contribution >= 4 is 5.91 Å². The predicted octanol–water partition coefficient (Wildman–Crippen LogP) is 1.39. The molecule has 0 aromatic carbocycles. The number of hydrogen-bond acceptors (Lipinski definition) is 1. The molecule has 1 aliphatic heterocycles. The Morgan fingerprint density at radius 3 is 2.64 bits per heavy atom. The zero-order valence-electron chi connectivity index (χ0n) is 6.92. The molecule has 1 saturated heterocycles. The van der Waals surface area contributed by atoms with Gasteiger partial charge in [0.05, 0.1) is 0 Å². The minimum atomic E-state index is 0.153. The standard InChI is InChI=1S/C9H14NO/c1-2-6-9(11)10-7-4-3-5-8-10/h2-3,6H,4-5,7-8H2,1H3. The van der Waals surface area contributed by atoms with Crippen molar-refractivity contribution in [2.75, 3.05) is 13.1 Å². The molecule has 2 heteroatoms. The summed E-state index contributed by atoms with van der Waals surface area (Å²) in [6.45, 7) is 3.65. The summed E-state index contributed by atoms with van der Waals surface area (Å²) in [5.74, 6) is 0.153. The number of hydrogen-bond donors (Lipinski definition) is 0. The number of amides is 1. The summed E-state index contributed by atoms with van der Waals surface area (Å²) in [7, 11) is 0. The van der Waals surface area contributed by atoms with Crippen molar-refractivity contribution in [2.45, 2.75) is 19.8 Å². The monoisotopic (exact) mass is 152 g/mol. The van der Waals surface area contributed by atoms with Crippen LogP contribution in [0.25, 0.3) is 0 Å². The summed E-state index contributed by atoms with van der Waals surface area (Å²) >= 11 is 0. The van der Waals surface area contributed by atoms with E-state index in [-0.39, 0.29) is 5.91 Å². The highest BCUT2D eigenvalue weighted by Crippen LogP contribution is 2.07. The number of rotatable bonds is 1. The van der Waals surface area contributed by atoms with Crippen LogP contribution in [-0.4, -0.2) is 23.9 Å². The fraction of sp³-hybridized carbons (Fsp3) is 0.556. The van der Waals surface area contributed by atoms with Crippen LogP contribution >= 0.6 is 0 Å².